The highest BCUT2D eigenvalue weighted by molar-refractivity contribution is 7.92. The molecule has 0 heterocycles. The Morgan fingerprint density at radius 3 is 2.21 bits per heavy atom. The number of nitrogens with zero attached hydrogens (tertiary/aromatic N) is 2. The highest BCUT2D eigenvalue weighted by Crippen LogP contribution is 2.30. The fourth-order valence-electron chi connectivity index (χ4n) is 3.77. The first-order chi connectivity index (χ1) is 18.0. The predicted molar refractivity (Wildman–Crippen MR) is 152 cm³/mol. The number of hydrogen-bond acceptors (Lipinski definition) is 4. The molecule has 0 aromatic heterocycles. The second-order valence-corrected chi connectivity index (χ2v) is 11.6. The van der Waals surface area contributed by atoms with Crippen molar-refractivity contribution in [2.75, 3.05) is 10.8 Å². The van der Waals surface area contributed by atoms with E-state index in [9.17, 15) is 18.0 Å². The number of hydrogen-bond donors (Lipinski definition) is 1. The summed E-state index contributed by atoms with van der Waals surface area (Å²) in [4.78, 5) is 28.3. The number of sulfonamides is 1. The molecule has 0 saturated heterocycles. The minimum atomic E-state index is -4.17. The van der Waals surface area contributed by atoms with Gasteiger partial charge in [-0.15, -0.1) is 0 Å². The molecule has 1 N–H and O–H groups in total. The van der Waals surface area contributed by atoms with Crippen LogP contribution in [0.1, 0.15) is 32.8 Å². The van der Waals surface area contributed by atoms with Crippen molar-refractivity contribution < 1.29 is 18.0 Å². The topological polar surface area (TPSA) is 86.8 Å². The molecule has 0 aliphatic carbocycles. The standard InChI is InChI=1S/C28H31Cl2N3O4S/c1-4-20(2)31-28(35)21(3)32(18-22-11-10-12-23(29)17-22)27(34)19-33(26-16-9-8-15-25(26)30)38(36,37)24-13-6-5-7-14-24/h5-17,20-21H,4,18-19H2,1-3H3,(H,31,35)/t20-,21+/m1/s1. The average molecular weight is 577 g/mol. The van der Waals surface area contributed by atoms with Crippen LogP contribution < -0.4 is 9.62 Å². The van der Waals surface area contributed by atoms with Gasteiger partial charge in [0.05, 0.1) is 15.6 Å². The van der Waals surface area contributed by atoms with Gasteiger partial charge in [-0.25, -0.2) is 8.42 Å². The highest BCUT2D eigenvalue weighted by atomic mass is 35.5. The SMILES string of the molecule is CC[C@@H](C)NC(=O)[C@H](C)N(Cc1cccc(Cl)c1)C(=O)CN(c1ccccc1Cl)S(=O)(=O)c1ccccc1. The summed E-state index contributed by atoms with van der Waals surface area (Å²) >= 11 is 12.6. The molecule has 0 aliphatic rings. The summed E-state index contributed by atoms with van der Waals surface area (Å²) in [5, 5.41) is 3.55. The summed E-state index contributed by atoms with van der Waals surface area (Å²) in [6, 6.07) is 20.2. The molecule has 2 atom stereocenters. The Bertz CT molecular complexity index is 1370. The second kappa shape index (κ2) is 13.1. The summed E-state index contributed by atoms with van der Waals surface area (Å²) in [5.41, 5.74) is 0.857. The molecule has 3 aromatic carbocycles. The number of anilines is 1. The maximum atomic E-state index is 13.9. The van der Waals surface area contributed by atoms with Gasteiger partial charge in [-0.1, -0.05) is 72.6 Å². The lowest BCUT2D eigenvalue weighted by molar-refractivity contribution is -0.139. The lowest BCUT2D eigenvalue weighted by Gasteiger charge is -2.32. The fraction of sp³-hybridized carbons (Fsp3) is 0.286. The van der Waals surface area contributed by atoms with E-state index in [1.807, 2.05) is 13.8 Å². The van der Waals surface area contributed by atoms with E-state index in [0.29, 0.717) is 10.6 Å². The molecule has 7 nitrogen and oxygen atoms in total. The largest absolute Gasteiger partial charge is 0.352 e. The van der Waals surface area contributed by atoms with Crippen molar-refractivity contribution in [3.63, 3.8) is 0 Å². The van der Waals surface area contributed by atoms with E-state index in [0.717, 1.165) is 10.7 Å². The Morgan fingerprint density at radius 1 is 0.921 bits per heavy atom. The lowest BCUT2D eigenvalue weighted by Crippen LogP contribution is -2.52. The van der Waals surface area contributed by atoms with Crippen LogP contribution in [-0.4, -0.2) is 43.8 Å². The average Bonchev–Trinajstić information content (AvgIpc) is 2.90. The summed E-state index contributed by atoms with van der Waals surface area (Å²) in [6.07, 6.45) is 0.719. The van der Waals surface area contributed by atoms with Crippen molar-refractivity contribution in [1.82, 2.24) is 10.2 Å². The molecule has 38 heavy (non-hydrogen) atoms. The maximum absolute atomic E-state index is 13.9. The van der Waals surface area contributed by atoms with Crippen molar-refractivity contribution in [3.05, 3.63) is 94.5 Å². The van der Waals surface area contributed by atoms with E-state index in [4.69, 9.17) is 23.2 Å². The number of carbonyl (C=O) groups is 2. The molecule has 202 valence electrons. The van der Waals surface area contributed by atoms with Gasteiger partial charge in [-0.3, -0.25) is 13.9 Å². The quantitative estimate of drug-likeness (QED) is 0.326. The smallest absolute Gasteiger partial charge is 0.264 e. The van der Waals surface area contributed by atoms with E-state index in [2.05, 4.69) is 5.32 Å². The van der Waals surface area contributed by atoms with Crippen LogP contribution >= 0.6 is 23.2 Å². The molecule has 3 aromatic rings. The monoisotopic (exact) mass is 575 g/mol. The number of carbonyl (C=O) groups excluding carboxylic acids is 2. The number of nitrogens with one attached hydrogen (secondary N) is 1. The van der Waals surface area contributed by atoms with E-state index in [-0.39, 0.29) is 34.1 Å². The number of halogens is 2. The van der Waals surface area contributed by atoms with Crippen molar-refractivity contribution >= 4 is 50.7 Å². The molecular weight excluding hydrogens is 545 g/mol. The van der Waals surface area contributed by atoms with Gasteiger partial charge in [0.2, 0.25) is 11.8 Å². The van der Waals surface area contributed by atoms with Gasteiger partial charge in [-0.05, 0) is 62.2 Å². The zero-order valence-corrected chi connectivity index (χ0v) is 23.8. The van der Waals surface area contributed by atoms with Crippen molar-refractivity contribution in [1.29, 1.82) is 0 Å². The third kappa shape index (κ3) is 7.28. The molecule has 0 saturated carbocycles. The van der Waals surface area contributed by atoms with Crippen LogP contribution in [0.25, 0.3) is 0 Å². The Morgan fingerprint density at radius 2 is 1.58 bits per heavy atom. The van der Waals surface area contributed by atoms with Gasteiger partial charge in [0, 0.05) is 17.6 Å². The van der Waals surface area contributed by atoms with Crippen LogP contribution in [0.15, 0.2) is 83.8 Å². The van der Waals surface area contributed by atoms with Crippen molar-refractivity contribution in [2.24, 2.45) is 0 Å². The van der Waals surface area contributed by atoms with Gasteiger partial charge >= 0.3 is 0 Å². The molecule has 3 rings (SSSR count). The van der Waals surface area contributed by atoms with Gasteiger partial charge in [0.15, 0.2) is 0 Å². The first-order valence-electron chi connectivity index (χ1n) is 12.2. The van der Waals surface area contributed by atoms with Crippen LogP contribution in [0.5, 0.6) is 0 Å². The maximum Gasteiger partial charge on any atom is 0.264 e. The summed E-state index contributed by atoms with van der Waals surface area (Å²) in [7, 11) is -4.17. The van der Waals surface area contributed by atoms with Gasteiger partial charge in [-0.2, -0.15) is 0 Å². The van der Waals surface area contributed by atoms with Gasteiger partial charge in [0.25, 0.3) is 10.0 Å². The van der Waals surface area contributed by atoms with Crippen LogP contribution in [0.4, 0.5) is 5.69 Å². The van der Waals surface area contributed by atoms with E-state index in [1.165, 1.54) is 23.1 Å². The number of rotatable bonds is 11. The molecule has 2 amide bonds. The molecular formula is C28H31Cl2N3O4S. The number of amides is 2. The van der Waals surface area contributed by atoms with Gasteiger partial charge < -0.3 is 10.2 Å². The van der Waals surface area contributed by atoms with Crippen molar-refractivity contribution in [2.45, 2.75) is 50.7 Å². The second-order valence-electron chi connectivity index (χ2n) is 8.92. The first kappa shape index (κ1) is 29.5. The van der Waals surface area contributed by atoms with Crippen molar-refractivity contribution in [3.8, 4) is 0 Å². The lowest BCUT2D eigenvalue weighted by atomic mass is 10.1. The Hall–Kier alpha value is -3.07. The van der Waals surface area contributed by atoms with Gasteiger partial charge in [0.1, 0.15) is 12.6 Å². The summed E-state index contributed by atoms with van der Waals surface area (Å²) in [5.74, 6) is -0.916. The third-order valence-electron chi connectivity index (χ3n) is 6.14. The fourth-order valence-corrected chi connectivity index (χ4v) is 5.72. The van der Waals surface area contributed by atoms with Crippen LogP contribution in [0.3, 0.4) is 0 Å². The molecule has 0 fully saturated rings. The summed E-state index contributed by atoms with van der Waals surface area (Å²) < 4.78 is 28.5. The van der Waals surface area contributed by atoms with Crippen LogP contribution in [0.2, 0.25) is 10.0 Å². The first-order valence-corrected chi connectivity index (χ1v) is 14.4. The third-order valence-corrected chi connectivity index (χ3v) is 8.47. The molecule has 0 unspecified atom stereocenters. The Labute approximate surface area is 234 Å². The minimum absolute atomic E-state index is 0.0108. The molecule has 10 heteroatoms. The zero-order chi connectivity index (χ0) is 27.9. The minimum Gasteiger partial charge on any atom is -0.352 e. The van der Waals surface area contributed by atoms with Crippen LogP contribution in [-0.2, 0) is 26.2 Å². The van der Waals surface area contributed by atoms with E-state index in [1.54, 1.807) is 67.6 Å². The highest BCUT2D eigenvalue weighted by Gasteiger charge is 2.33. The number of benzene rings is 3. The molecule has 0 spiro atoms. The molecule has 0 aliphatic heterocycles. The predicted octanol–water partition coefficient (Wildman–Crippen LogP) is 5.52. The summed E-state index contributed by atoms with van der Waals surface area (Å²) in [6.45, 7) is 4.92. The zero-order valence-electron chi connectivity index (χ0n) is 21.5. The molecule has 0 bridgehead atoms. The molecule has 0 radical (unpaired) electrons. The Balaban J connectivity index is 2.03. The normalized spacial score (nSPS) is 12.9. The van der Waals surface area contributed by atoms with Crippen LogP contribution in [0, 0.1) is 0 Å². The van der Waals surface area contributed by atoms with E-state index < -0.39 is 28.5 Å². The van der Waals surface area contributed by atoms with E-state index >= 15 is 0 Å². The number of para-hydroxylation sites is 1. The Kier molecular flexibility index (Phi) is 10.2.